The fourth-order valence-electron chi connectivity index (χ4n) is 1.58. The van der Waals surface area contributed by atoms with E-state index in [0.29, 0.717) is 15.1 Å². The first-order valence-corrected chi connectivity index (χ1v) is 6.69. The number of nitrogens with zero attached hydrogens (tertiary/aromatic N) is 2. The molecule has 0 aromatic carbocycles. The molecule has 0 atom stereocenters. The molecule has 0 unspecified atom stereocenters. The molecule has 0 saturated heterocycles. The molecule has 1 N–H and O–H groups in total. The van der Waals surface area contributed by atoms with E-state index < -0.39 is 0 Å². The molecule has 18 heavy (non-hydrogen) atoms. The summed E-state index contributed by atoms with van der Waals surface area (Å²) in [5, 5.41) is 0. The van der Waals surface area contributed by atoms with Crippen LogP contribution in [0.4, 0.5) is 0 Å². The van der Waals surface area contributed by atoms with E-state index in [9.17, 15) is 4.79 Å². The van der Waals surface area contributed by atoms with Gasteiger partial charge in [-0.15, -0.1) is 0 Å². The maximum Gasteiger partial charge on any atom is 0.264 e. The average molecular weight is 355 g/mol. The molecule has 0 bridgehead atoms. The van der Waals surface area contributed by atoms with E-state index in [2.05, 4.69) is 15.0 Å². The molecule has 2 aromatic rings. The molecule has 4 nitrogen and oxygen atoms in total. The van der Waals surface area contributed by atoms with Crippen molar-refractivity contribution < 1.29 is 0 Å². The normalized spacial score (nSPS) is 11.6. The third-order valence-electron chi connectivity index (χ3n) is 2.48. The third-order valence-corrected chi connectivity index (χ3v) is 3.48. The molecule has 0 aliphatic heterocycles. The van der Waals surface area contributed by atoms with E-state index in [1.54, 1.807) is 6.20 Å². The van der Waals surface area contributed by atoms with Gasteiger partial charge in [0.1, 0.15) is 9.26 Å². The highest BCUT2D eigenvalue weighted by Crippen LogP contribution is 2.24. The molecule has 0 amide bonds. The van der Waals surface area contributed by atoms with Crippen molar-refractivity contribution in [3.63, 3.8) is 0 Å². The smallest absolute Gasteiger partial charge is 0.264 e. The van der Waals surface area contributed by atoms with E-state index in [0.717, 1.165) is 5.69 Å². The second kappa shape index (κ2) is 4.79. The Hall–Kier alpha value is -1.24. The predicted octanol–water partition coefficient (Wildman–Crippen LogP) is 2.73. The van der Waals surface area contributed by atoms with Crippen LogP contribution in [-0.4, -0.2) is 15.0 Å². The van der Waals surface area contributed by atoms with E-state index in [-0.39, 0.29) is 11.0 Å². The van der Waals surface area contributed by atoms with Crippen molar-refractivity contribution >= 4 is 22.6 Å². The highest BCUT2D eigenvalue weighted by molar-refractivity contribution is 14.1. The zero-order valence-electron chi connectivity index (χ0n) is 10.5. The molecule has 2 rings (SSSR count). The first-order valence-electron chi connectivity index (χ1n) is 5.61. The second-order valence-electron chi connectivity index (χ2n) is 5.04. The van der Waals surface area contributed by atoms with Gasteiger partial charge in [-0.3, -0.25) is 9.78 Å². The van der Waals surface area contributed by atoms with Crippen LogP contribution >= 0.6 is 22.6 Å². The fourth-order valence-corrected chi connectivity index (χ4v) is 2.64. The summed E-state index contributed by atoms with van der Waals surface area (Å²) in [6, 6.07) is 5.54. The number of hydrogen-bond donors (Lipinski definition) is 1. The SMILES string of the molecule is CC(C)(C)c1nc(-c2ccccn2)[nH]c(=O)c1I. The van der Waals surface area contributed by atoms with E-state index in [1.807, 2.05) is 61.6 Å². The summed E-state index contributed by atoms with van der Waals surface area (Å²) in [4.78, 5) is 23.5. The van der Waals surface area contributed by atoms with Gasteiger partial charge in [0.2, 0.25) is 0 Å². The standard InChI is InChI=1S/C13H14IN3O/c1-13(2,3)10-9(14)12(18)17-11(16-10)8-6-4-5-7-15-8/h4-7H,1-3H3,(H,16,17,18). The van der Waals surface area contributed by atoms with E-state index in [4.69, 9.17) is 0 Å². The summed E-state index contributed by atoms with van der Waals surface area (Å²) in [5.41, 5.74) is 1.19. The molecule has 0 fully saturated rings. The Morgan fingerprint density at radius 2 is 2.00 bits per heavy atom. The highest BCUT2D eigenvalue weighted by Gasteiger charge is 2.22. The van der Waals surface area contributed by atoms with Crippen LogP contribution in [0, 0.1) is 3.57 Å². The van der Waals surface area contributed by atoms with Crippen LogP contribution < -0.4 is 5.56 Å². The van der Waals surface area contributed by atoms with Crippen LogP contribution in [0.25, 0.3) is 11.5 Å². The molecule has 2 heterocycles. The Morgan fingerprint density at radius 1 is 1.28 bits per heavy atom. The molecule has 2 aromatic heterocycles. The van der Waals surface area contributed by atoms with E-state index >= 15 is 0 Å². The van der Waals surface area contributed by atoms with Crippen LogP contribution in [0.5, 0.6) is 0 Å². The Balaban J connectivity index is 2.66. The number of nitrogens with one attached hydrogen (secondary N) is 1. The minimum atomic E-state index is -0.172. The van der Waals surface area contributed by atoms with Gasteiger partial charge >= 0.3 is 0 Å². The number of H-pyrrole nitrogens is 1. The Kier molecular flexibility index (Phi) is 3.52. The maximum atomic E-state index is 11.9. The number of aromatic amines is 1. The second-order valence-corrected chi connectivity index (χ2v) is 6.12. The fraction of sp³-hybridized carbons (Fsp3) is 0.308. The summed E-state index contributed by atoms with van der Waals surface area (Å²) < 4.78 is 0.639. The summed E-state index contributed by atoms with van der Waals surface area (Å²) >= 11 is 2.04. The molecule has 0 radical (unpaired) electrons. The van der Waals surface area contributed by atoms with Crippen LogP contribution in [0.2, 0.25) is 0 Å². The van der Waals surface area contributed by atoms with Gasteiger partial charge in [0.05, 0.1) is 5.69 Å². The lowest BCUT2D eigenvalue weighted by Crippen LogP contribution is -2.24. The van der Waals surface area contributed by atoms with Gasteiger partial charge in [-0.05, 0) is 34.7 Å². The third kappa shape index (κ3) is 2.60. The molecular weight excluding hydrogens is 341 g/mol. The molecule has 0 saturated carbocycles. The molecule has 0 spiro atoms. The Bertz CT molecular complexity index is 614. The molecular formula is C13H14IN3O. The van der Waals surface area contributed by atoms with Crippen molar-refractivity contribution in [2.45, 2.75) is 26.2 Å². The zero-order valence-corrected chi connectivity index (χ0v) is 12.6. The summed E-state index contributed by atoms with van der Waals surface area (Å²) in [5.74, 6) is 0.519. The number of aromatic nitrogens is 3. The summed E-state index contributed by atoms with van der Waals surface area (Å²) in [6.07, 6.45) is 1.68. The largest absolute Gasteiger partial charge is 0.304 e. The number of halogens is 1. The summed E-state index contributed by atoms with van der Waals surface area (Å²) in [7, 11) is 0. The van der Waals surface area contributed by atoms with Gasteiger partial charge in [0.15, 0.2) is 5.82 Å². The molecule has 0 aliphatic rings. The molecule has 94 valence electrons. The van der Waals surface area contributed by atoms with Crippen molar-refractivity contribution in [2.24, 2.45) is 0 Å². The monoisotopic (exact) mass is 355 g/mol. The summed E-state index contributed by atoms with van der Waals surface area (Å²) in [6.45, 7) is 6.12. The van der Waals surface area contributed by atoms with Gasteiger partial charge in [-0.1, -0.05) is 26.8 Å². The number of rotatable bonds is 1. The van der Waals surface area contributed by atoms with Crippen LogP contribution in [0.1, 0.15) is 26.5 Å². The zero-order chi connectivity index (χ0) is 13.3. The molecule has 0 aliphatic carbocycles. The van der Waals surface area contributed by atoms with Crippen LogP contribution in [0.15, 0.2) is 29.2 Å². The van der Waals surface area contributed by atoms with Gasteiger partial charge in [-0.25, -0.2) is 4.98 Å². The van der Waals surface area contributed by atoms with Crippen molar-refractivity contribution in [3.05, 3.63) is 44.0 Å². The van der Waals surface area contributed by atoms with Crippen LogP contribution in [0.3, 0.4) is 0 Å². The number of pyridine rings is 1. The van der Waals surface area contributed by atoms with Crippen LogP contribution in [-0.2, 0) is 5.41 Å². The number of hydrogen-bond acceptors (Lipinski definition) is 3. The predicted molar refractivity (Wildman–Crippen MR) is 79.5 cm³/mol. The van der Waals surface area contributed by atoms with Gasteiger partial charge in [0.25, 0.3) is 5.56 Å². The topological polar surface area (TPSA) is 58.6 Å². The van der Waals surface area contributed by atoms with Gasteiger partial charge in [0, 0.05) is 11.6 Å². The maximum absolute atomic E-state index is 11.9. The van der Waals surface area contributed by atoms with Crippen molar-refractivity contribution in [3.8, 4) is 11.5 Å². The van der Waals surface area contributed by atoms with Crippen molar-refractivity contribution in [1.82, 2.24) is 15.0 Å². The first kappa shape index (κ1) is 13.2. The molecule has 5 heteroatoms. The average Bonchev–Trinajstić information content (AvgIpc) is 2.32. The minimum absolute atomic E-state index is 0.115. The first-order chi connectivity index (χ1) is 8.39. The Morgan fingerprint density at radius 3 is 2.56 bits per heavy atom. The lowest BCUT2D eigenvalue weighted by molar-refractivity contribution is 0.562. The lowest BCUT2D eigenvalue weighted by Gasteiger charge is -2.19. The lowest BCUT2D eigenvalue weighted by atomic mass is 9.92. The Labute approximate surface area is 119 Å². The van der Waals surface area contributed by atoms with Gasteiger partial charge in [-0.2, -0.15) is 0 Å². The minimum Gasteiger partial charge on any atom is -0.304 e. The van der Waals surface area contributed by atoms with Crippen molar-refractivity contribution in [2.75, 3.05) is 0 Å². The van der Waals surface area contributed by atoms with E-state index in [1.165, 1.54) is 0 Å². The quantitative estimate of drug-likeness (QED) is 0.801. The van der Waals surface area contributed by atoms with Gasteiger partial charge < -0.3 is 4.98 Å². The highest BCUT2D eigenvalue weighted by atomic mass is 127. The van der Waals surface area contributed by atoms with Crippen molar-refractivity contribution in [1.29, 1.82) is 0 Å².